The molecule has 0 bridgehead atoms. The molecular weight excluding hydrogens is 222 g/mol. The molecule has 100 valence electrons. The predicted octanol–water partition coefficient (Wildman–Crippen LogP) is -1.47. The van der Waals surface area contributed by atoms with Crippen molar-refractivity contribution in [2.75, 3.05) is 40.0 Å². The predicted molar refractivity (Wildman–Crippen MR) is 64.5 cm³/mol. The minimum atomic E-state index is -0.320. The Kier molecular flexibility index (Phi) is 6.43. The summed E-state index contributed by atoms with van der Waals surface area (Å²) in [6.07, 6.45) is 1.88. The van der Waals surface area contributed by atoms with E-state index < -0.39 is 0 Å². The van der Waals surface area contributed by atoms with Gasteiger partial charge in [0, 0.05) is 26.2 Å². The average Bonchev–Trinajstić information content (AvgIpc) is 2.31. The number of aliphatic hydroxyl groups is 1. The number of methoxy groups -OCH3 is 1. The molecule has 0 saturated carbocycles. The van der Waals surface area contributed by atoms with Crippen LogP contribution >= 0.6 is 0 Å². The number of piperidine rings is 1. The number of hydrogen-bond acceptors (Lipinski definition) is 5. The minimum Gasteiger partial charge on any atom is -0.394 e. The summed E-state index contributed by atoms with van der Waals surface area (Å²) in [5.41, 5.74) is 5.79. The number of carbonyl (C=O) groups is 1. The molecule has 0 spiro atoms. The van der Waals surface area contributed by atoms with E-state index in [0.29, 0.717) is 13.2 Å². The van der Waals surface area contributed by atoms with Gasteiger partial charge in [-0.25, -0.2) is 0 Å². The van der Waals surface area contributed by atoms with Crippen LogP contribution in [0.3, 0.4) is 0 Å². The SMILES string of the molecule is COCC(CO)NC(=O)CN1CCC(N)CC1. The fourth-order valence-electron chi connectivity index (χ4n) is 1.93. The van der Waals surface area contributed by atoms with Gasteiger partial charge in [0.25, 0.3) is 0 Å². The Morgan fingerprint density at radius 2 is 2.24 bits per heavy atom. The molecule has 1 rings (SSSR count). The summed E-state index contributed by atoms with van der Waals surface area (Å²) in [7, 11) is 1.54. The third kappa shape index (κ3) is 5.45. The third-order valence-electron chi connectivity index (χ3n) is 2.95. The van der Waals surface area contributed by atoms with Gasteiger partial charge in [-0.05, 0) is 12.8 Å². The molecule has 0 aromatic heterocycles. The summed E-state index contributed by atoms with van der Waals surface area (Å²) in [5, 5.41) is 11.8. The Morgan fingerprint density at radius 1 is 1.59 bits per heavy atom. The summed E-state index contributed by atoms with van der Waals surface area (Å²) in [5.74, 6) is -0.0726. The number of nitrogens with zero attached hydrogens (tertiary/aromatic N) is 1. The second kappa shape index (κ2) is 7.60. The number of carbonyl (C=O) groups excluding carboxylic acids is 1. The molecule has 17 heavy (non-hydrogen) atoms. The summed E-state index contributed by atoms with van der Waals surface area (Å²) in [4.78, 5) is 13.8. The number of amides is 1. The van der Waals surface area contributed by atoms with Crippen molar-refractivity contribution >= 4 is 5.91 Å². The second-order valence-electron chi connectivity index (χ2n) is 4.52. The Labute approximate surface area is 102 Å². The maximum atomic E-state index is 11.7. The van der Waals surface area contributed by atoms with Crippen LogP contribution in [0.2, 0.25) is 0 Å². The van der Waals surface area contributed by atoms with Crippen molar-refractivity contribution in [3.8, 4) is 0 Å². The molecule has 0 aliphatic carbocycles. The zero-order valence-electron chi connectivity index (χ0n) is 10.4. The number of aliphatic hydroxyl groups excluding tert-OH is 1. The van der Waals surface area contributed by atoms with Gasteiger partial charge in [-0.15, -0.1) is 0 Å². The van der Waals surface area contributed by atoms with Gasteiger partial charge in [0.2, 0.25) is 5.91 Å². The van der Waals surface area contributed by atoms with E-state index >= 15 is 0 Å². The lowest BCUT2D eigenvalue weighted by Crippen LogP contribution is -2.48. The highest BCUT2D eigenvalue weighted by Crippen LogP contribution is 2.07. The lowest BCUT2D eigenvalue weighted by Gasteiger charge is -2.29. The molecule has 1 unspecified atom stereocenters. The summed E-state index contributed by atoms with van der Waals surface area (Å²) >= 11 is 0. The molecule has 6 nitrogen and oxygen atoms in total. The molecule has 1 saturated heterocycles. The van der Waals surface area contributed by atoms with Gasteiger partial charge in [-0.2, -0.15) is 0 Å². The van der Waals surface area contributed by atoms with Crippen molar-refractivity contribution < 1.29 is 14.6 Å². The van der Waals surface area contributed by atoms with Crippen molar-refractivity contribution in [2.24, 2.45) is 5.73 Å². The van der Waals surface area contributed by atoms with Crippen LogP contribution in [-0.2, 0) is 9.53 Å². The minimum absolute atomic E-state index is 0.0726. The Balaban J connectivity index is 2.24. The van der Waals surface area contributed by atoms with Crippen LogP contribution in [-0.4, -0.2) is 68.0 Å². The number of rotatable bonds is 6. The monoisotopic (exact) mass is 245 g/mol. The van der Waals surface area contributed by atoms with Gasteiger partial charge in [0.15, 0.2) is 0 Å². The number of nitrogens with one attached hydrogen (secondary N) is 1. The van der Waals surface area contributed by atoms with Crippen molar-refractivity contribution in [3.05, 3.63) is 0 Å². The van der Waals surface area contributed by atoms with Crippen LogP contribution in [0.5, 0.6) is 0 Å². The second-order valence-corrected chi connectivity index (χ2v) is 4.52. The van der Waals surface area contributed by atoms with Gasteiger partial charge >= 0.3 is 0 Å². The topological polar surface area (TPSA) is 87.8 Å². The quantitative estimate of drug-likeness (QED) is 0.532. The molecule has 4 N–H and O–H groups in total. The van der Waals surface area contributed by atoms with E-state index in [1.54, 1.807) is 7.11 Å². The third-order valence-corrected chi connectivity index (χ3v) is 2.95. The molecule has 1 amide bonds. The molecule has 1 fully saturated rings. The highest BCUT2D eigenvalue weighted by Gasteiger charge is 2.19. The first kappa shape index (κ1) is 14.4. The Morgan fingerprint density at radius 3 is 2.76 bits per heavy atom. The number of ether oxygens (including phenoxy) is 1. The van der Waals surface area contributed by atoms with E-state index in [-0.39, 0.29) is 24.6 Å². The summed E-state index contributed by atoms with van der Waals surface area (Å²) < 4.78 is 4.89. The lowest BCUT2D eigenvalue weighted by atomic mass is 10.1. The lowest BCUT2D eigenvalue weighted by molar-refractivity contribution is -0.124. The smallest absolute Gasteiger partial charge is 0.234 e. The first-order valence-electron chi connectivity index (χ1n) is 6.02. The molecule has 0 radical (unpaired) electrons. The van der Waals surface area contributed by atoms with Crippen LogP contribution in [0.25, 0.3) is 0 Å². The Bertz CT molecular complexity index is 230. The highest BCUT2D eigenvalue weighted by atomic mass is 16.5. The van der Waals surface area contributed by atoms with Crippen LogP contribution < -0.4 is 11.1 Å². The van der Waals surface area contributed by atoms with Crippen LogP contribution in [0.4, 0.5) is 0 Å². The molecule has 1 heterocycles. The molecule has 6 heteroatoms. The number of nitrogens with two attached hydrogens (primary N) is 1. The normalized spacial score (nSPS) is 20.2. The molecule has 0 aromatic carbocycles. The van der Waals surface area contributed by atoms with E-state index in [1.165, 1.54) is 0 Å². The van der Waals surface area contributed by atoms with E-state index in [1.807, 2.05) is 0 Å². The van der Waals surface area contributed by atoms with E-state index in [9.17, 15) is 4.79 Å². The first-order chi connectivity index (χ1) is 8.15. The highest BCUT2D eigenvalue weighted by molar-refractivity contribution is 5.78. The van der Waals surface area contributed by atoms with Crippen molar-refractivity contribution in [1.29, 1.82) is 0 Å². The largest absolute Gasteiger partial charge is 0.394 e. The zero-order chi connectivity index (χ0) is 12.7. The van der Waals surface area contributed by atoms with Gasteiger partial charge in [0.05, 0.1) is 25.8 Å². The van der Waals surface area contributed by atoms with Gasteiger partial charge in [-0.1, -0.05) is 0 Å². The number of hydrogen-bond donors (Lipinski definition) is 3. The van der Waals surface area contributed by atoms with Crippen molar-refractivity contribution in [2.45, 2.75) is 24.9 Å². The maximum Gasteiger partial charge on any atom is 0.234 e. The number of likely N-dealkylation sites (tertiary alicyclic amines) is 1. The summed E-state index contributed by atoms with van der Waals surface area (Å²) in [6.45, 7) is 2.32. The average molecular weight is 245 g/mol. The van der Waals surface area contributed by atoms with Crippen LogP contribution in [0.1, 0.15) is 12.8 Å². The molecule has 0 aromatic rings. The van der Waals surface area contributed by atoms with Crippen LogP contribution in [0.15, 0.2) is 0 Å². The molecule has 1 aliphatic rings. The van der Waals surface area contributed by atoms with Gasteiger partial charge in [-0.3, -0.25) is 9.69 Å². The molecule has 1 atom stereocenters. The fraction of sp³-hybridized carbons (Fsp3) is 0.909. The van der Waals surface area contributed by atoms with Gasteiger partial charge < -0.3 is 20.9 Å². The van der Waals surface area contributed by atoms with Crippen LogP contribution in [0, 0.1) is 0 Å². The maximum absolute atomic E-state index is 11.7. The molecular formula is C11H23N3O3. The standard InChI is InChI=1S/C11H23N3O3/c1-17-8-10(7-15)13-11(16)6-14-4-2-9(12)3-5-14/h9-10,15H,2-8,12H2,1H3,(H,13,16). The van der Waals surface area contributed by atoms with Gasteiger partial charge in [0.1, 0.15) is 0 Å². The molecule has 1 aliphatic heterocycles. The summed E-state index contributed by atoms with van der Waals surface area (Å²) in [6, 6.07) is -0.0486. The van der Waals surface area contributed by atoms with E-state index in [2.05, 4.69) is 10.2 Å². The van der Waals surface area contributed by atoms with Crippen molar-refractivity contribution in [3.63, 3.8) is 0 Å². The van der Waals surface area contributed by atoms with E-state index in [0.717, 1.165) is 25.9 Å². The van der Waals surface area contributed by atoms with E-state index in [4.69, 9.17) is 15.6 Å². The van der Waals surface area contributed by atoms with Crippen molar-refractivity contribution in [1.82, 2.24) is 10.2 Å². The fourth-order valence-corrected chi connectivity index (χ4v) is 1.93. The first-order valence-corrected chi connectivity index (χ1v) is 6.02. The zero-order valence-corrected chi connectivity index (χ0v) is 10.4. The Hall–Kier alpha value is -0.690.